The normalized spacial score (nSPS) is 33.8. The van der Waals surface area contributed by atoms with Crippen molar-refractivity contribution in [2.75, 3.05) is 6.54 Å². The van der Waals surface area contributed by atoms with Crippen LogP contribution in [-0.2, 0) is 0 Å². The lowest BCUT2D eigenvalue weighted by atomic mass is 9.67. The molecule has 0 radical (unpaired) electrons. The van der Waals surface area contributed by atoms with Crippen molar-refractivity contribution in [1.82, 2.24) is 0 Å². The number of rotatable bonds is 5. The zero-order valence-corrected chi connectivity index (χ0v) is 14.0. The van der Waals surface area contributed by atoms with Gasteiger partial charge in [-0.15, -0.1) is 0 Å². The predicted molar refractivity (Wildman–Crippen MR) is 87.6 cm³/mol. The first kappa shape index (κ1) is 15.7. The summed E-state index contributed by atoms with van der Waals surface area (Å²) in [5.74, 6) is 1.70. The molecule has 0 heterocycles. The van der Waals surface area contributed by atoms with E-state index in [0.29, 0.717) is 5.41 Å². The third-order valence-electron chi connectivity index (χ3n) is 5.92. The second kappa shape index (κ2) is 6.85. The summed E-state index contributed by atoms with van der Waals surface area (Å²) in [5, 5.41) is 1.79. The summed E-state index contributed by atoms with van der Waals surface area (Å²) in [5.41, 5.74) is 6.56. The third-order valence-corrected chi connectivity index (χ3v) is 7.70. The largest absolute Gasteiger partial charge is 0.330 e. The van der Waals surface area contributed by atoms with Gasteiger partial charge in [0, 0.05) is 10.5 Å². The maximum Gasteiger partial charge on any atom is 0.00929 e. The maximum absolute atomic E-state index is 6.04. The topological polar surface area (TPSA) is 26.0 Å². The van der Waals surface area contributed by atoms with Crippen LogP contribution >= 0.6 is 11.8 Å². The van der Waals surface area contributed by atoms with E-state index < -0.39 is 0 Å². The van der Waals surface area contributed by atoms with Gasteiger partial charge in [0.05, 0.1) is 0 Å². The lowest BCUT2D eigenvalue weighted by Crippen LogP contribution is -2.38. The van der Waals surface area contributed by atoms with Crippen molar-refractivity contribution in [1.29, 1.82) is 0 Å². The second-order valence-electron chi connectivity index (χ2n) is 7.43. The fraction of sp³-hybridized carbons (Fsp3) is 1.00. The fourth-order valence-electron chi connectivity index (χ4n) is 3.90. The van der Waals surface area contributed by atoms with E-state index in [1.807, 2.05) is 0 Å². The van der Waals surface area contributed by atoms with E-state index in [1.54, 1.807) is 0 Å². The molecule has 0 spiro atoms. The van der Waals surface area contributed by atoms with Crippen molar-refractivity contribution in [3.63, 3.8) is 0 Å². The molecule has 2 saturated carbocycles. The second-order valence-corrected chi connectivity index (χ2v) is 8.97. The van der Waals surface area contributed by atoms with Crippen molar-refractivity contribution >= 4 is 11.8 Å². The van der Waals surface area contributed by atoms with Crippen molar-refractivity contribution in [3.05, 3.63) is 0 Å². The lowest BCUT2D eigenvalue weighted by molar-refractivity contribution is 0.134. The highest BCUT2D eigenvalue weighted by molar-refractivity contribution is 8.00. The molecule has 3 atom stereocenters. The monoisotopic (exact) mass is 283 g/mol. The highest BCUT2D eigenvalue weighted by Gasteiger charge is 2.38. The van der Waals surface area contributed by atoms with Gasteiger partial charge in [-0.25, -0.2) is 0 Å². The van der Waals surface area contributed by atoms with Crippen LogP contribution < -0.4 is 5.73 Å². The van der Waals surface area contributed by atoms with Crippen LogP contribution in [0.1, 0.15) is 72.1 Å². The summed E-state index contributed by atoms with van der Waals surface area (Å²) >= 11 is 2.31. The number of hydrogen-bond donors (Lipinski definition) is 1. The van der Waals surface area contributed by atoms with Gasteiger partial charge in [-0.2, -0.15) is 11.8 Å². The summed E-state index contributed by atoms with van der Waals surface area (Å²) < 4.78 is 0. The zero-order chi connectivity index (χ0) is 13.9. The van der Waals surface area contributed by atoms with Gasteiger partial charge in [0.15, 0.2) is 0 Å². The molecule has 0 saturated heterocycles. The predicted octanol–water partition coefficient (Wildman–Crippen LogP) is 4.84. The summed E-state index contributed by atoms with van der Waals surface area (Å²) in [6.07, 6.45) is 11.3. The Morgan fingerprint density at radius 3 is 2.37 bits per heavy atom. The van der Waals surface area contributed by atoms with E-state index in [0.717, 1.165) is 28.9 Å². The molecular formula is C17H33NS. The van der Waals surface area contributed by atoms with Gasteiger partial charge >= 0.3 is 0 Å². The SMILES string of the molecule is CCC(C)(C)C1CCC(CN)C(SC2CCCC2)C1. The fourth-order valence-corrected chi connectivity index (χ4v) is 5.81. The van der Waals surface area contributed by atoms with Gasteiger partial charge < -0.3 is 5.73 Å². The maximum atomic E-state index is 6.04. The van der Waals surface area contributed by atoms with E-state index in [9.17, 15) is 0 Å². The number of thioether (sulfide) groups is 1. The highest BCUT2D eigenvalue weighted by atomic mass is 32.2. The smallest absolute Gasteiger partial charge is 0.00929 e. The molecule has 2 aliphatic carbocycles. The Hall–Kier alpha value is 0.310. The first-order valence-electron chi connectivity index (χ1n) is 8.42. The van der Waals surface area contributed by atoms with Crippen LogP contribution in [-0.4, -0.2) is 17.0 Å². The Balaban J connectivity index is 1.96. The number of nitrogens with two attached hydrogens (primary N) is 1. The van der Waals surface area contributed by atoms with Crippen LogP contribution in [0.4, 0.5) is 0 Å². The molecule has 2 heteroatoms. The average Bonchev–Trinajstić information content (AvgIpc) is 2.91. The molecule has 0 aromatic heterocycles. The molecule has 2 N–H and O–H groups in total. The molecule has 1 nitrogen and oxygen atoms in total. The van der Waals surface area contributed by atoms with Gasteiger partial charge in [0.1, 0.15) is 0 Å². The zero-order valence-electron chi connectivity index (χ0n) is 13.2. The van der Waals surface area contributed by atoms with Crippen LogP contribution in [0, 0.1) is 17.3 Å². The molecule has 2 aliphatic rings. The molecule has 112 valence electrons. The minimum Gasteiger partial charge on any atom is -0.330 e. The standard InChI is InChI=1S/C17H33NS/c1-4-17(2,3)14-10-9-13(12-18)16(11-14)19-15-7-5-6-8-15/h13-16H,4-12,18H2,1-3H3. The molecule has 0 aromatic carbocycles. The van der Waals surface area contributed by atoms with Crippen LogP contribution in [0.3, 0.4) is 0 Å². The third kappa shape index (κ3) is 3.91. The Kier molecular flexibility index (Phi) is 5.65. The quantitative estimate of drug-likeness (QED) is 0.781. The summed E-state index contributed by atoms with van der Waals surface area (Å²) in [6, 6.07) is 0. The van der Waals surface area contributed by atoms with E-state index in [1.165, 1.54) is 51.4 Å². The van der Waals surface area contributed by atoms with Crippen molar-refractivity contribution in [2.24, 2.45) is 23.0 Å². The summed E-state index contributed by atoms with van der Waals surface area (Å²) in [7, 11) is 0. The van der Waals surface area contributed by atoms with E-state index in [4.69, 9.17) is 5.73 Å². The van der Waals surface area contributed by atoms with E-state index in [-0.39, 0.29) is 0 Å². The Bertz CT molecular complexity index is 270. The Morgan fingerprint density at radius 2 is 1.79 bits per heavy atom. The Labute approximate surface area is 124 Å². The molecule has 0 amide bonds. The average molecular weight is 284 g/mol. The van der Waals surface area contributed by atoms with Gasteiger partial charge in [-0.05, 0) is 55.9 Å². The van der Waals surface area contributed by atoms with Crippen molar-refractivity contribution < 1.29 is 0 Å². The first-order valence-corrected chi connectivity index (χ1v) is 9.36. The van der Waals surface area contributed by atoms with E-state index in [2.05, 4.69) is 32.5 Å². The minimum atomic E-state index is 0.522. The molecule has 0 bridgehead atoms. The summed E-state index contributed by atoms with van der Waals surface area (Å²) in [6.45, 7) is 8.20. The molecular weight excluding hydrogens is 250 g/mol. The highest BCUT2D eigenvalue weighted by Crippen LogP contribution is 2.47. The molecule has 0 aromatic rings. The van der Waals surface area contributed by atoms with Crippen molar-refractivity contribution in [2.45, 2.75) is 82.6 Å². The van der Waals surface area contributed by atoms with Crippen LogP contribution in [0.5, 0.6) is 0 Å². The molecule has 2 rings (SSSR count). The summed E-state index contributed by atoms with van der Waals surface area (Å²) in [4.78, 5) is 0. The van der Waals surface area contributed by atoms with Gasteiger partial charge in [0.2, 0.25) is 0 Å². The molecule has 0 aliphatic heterocycles. The minimum absolute atomic E-state index is 0.522. The lowest BCUT2D eigenvalue weighted by Gasteiger charge is -2.43. The van der Waals surface area contributed by atoms with Gasteiger partial charge in [-0.3, -0.25) is 0 Å². The van der Waals surface area contributed by atoms with Gasteiger partial charge in [0.25, 0.3) is 0 Å². The first-order chi connectivity index (χ1) is 9.06. The molecule has 3 unspecified atom stereocenters. The molecule has 19 heavy (non-hydrogen) atoms. The van der Waals surface area contributed by atoms with Crippen LogP contribution in [0.25, 0.3) is 0 Å². The van der Waals surface area contributed by atoms with Gasteiger partial charge in [-0.1, -0.05) is 40.0 Å². The van der Waals surface area contributed by atoms with Crippen LogP contribution in [0.2, 0.25) is 0 Å². The Morgan fingerprint density at radius 1 is 1.11 bits per heavy atom. The number of hydrogen-bond acceptors (Lipinski definition) is 2. The van der Waals surface area contributed by atoms with Crippen LogP contribution in [0.15, 0.2) is 0 Å². The van der Waals surface area contributed by atoms with E-state index >= 15 is 0 Å². The molecule has 2 fully saturated rings. The van der Waals surface area contributed by atoms with Crippen molar-refractivity contribution in [3.8, 4) is 0 Å².